The van der Waals surface area contributed by atoms with Crippen LogP contribution in [-0.2, 0) is 19.6 Å². The molecule has 1 heterocycles. The third kappa shape index (κ3) is 1.91. The van der Waals surface area contributed by atoms with E-state index in [9.17, 15) is 8.42 Å². The highest BCUT2D eigenvalue weighted by atomic mass is 32.2. The van der Waals surface area contributed by atoms with Gasteiger partial charge in [-0.25, -0.2) is 0 Å². The van der Waals surface area contributed by atoms with Crippen molar-refractivity contribution < 1.29 is 22.4 Å². The Kier molecular flexibility index (Phi) is 2.24. The maximum atomic E-state index is 10.3. The van der Waals surface area contributed by atoms with Crippen LogP contribution in [0.25, 0.3) is 0 Å². The topological polar surface area (TPSA) is 72.8 Å². The molecule has 1 atom stereocenters. The number of rotatable bonds is 1. The van der Waals surface area contributed by atoms with Gasteiger partial charge >= 0.3 is 0 Å². The van der Waals surface area contributed by atoms with Gasteiger partial charge in [0.2, 0.25) is 5.44 Å². The van der Waals surface area contributed by atoms with Gasteiger partial charge in [0.15, 0.2) is 0 Å². The molecule has 0 aromatic rings. The van der Waals surface area contributed by atoms with Gasteiger partial charge in [-0.15, -0.1) is 0 Å². The van der Waals surface area contributed by atoms with Crippen molar-refractivity contribution in [2.75, 3.05) is 19.8 Å². The maximum absolute atomic E-state index is 10.3. The zero-order chi connectivity index (χ0) is 7.61. The van der Waals surface area contributed by atoms with Gasteiger partial charge in [-0.1, -0.05) is 0 Å². The average molecular weight is 168 g/mol. The van der Waals surface area contributed by atoms with E-state index in [0.717, 1.165) is 0 Å². The highest BCUT2D eigenvalue weighted by Crippen LogP contribution is 2.05. The van der Waals surface area contributed by atoms with Crippen molar-refractivity contribution in [3.63, 3.8) is 0 Å². The van der Waals surface area contributed by atoms with Crippen molar-refractivity contribution in [2.24, 2.45) is 0 Å². The first-order chi connectivity index (χ1) is 4.61. The molecule has 0 spiro atoms. The lowest BCUT2D eigenvalue weighted by atomic mass is 10.6. The van der Waals surface area contributed by atoms with Crippen LogP contribution in [0.4, 0.5) is 0 Å². The van der Waals surface area contributed by atoms with E-state index in [1.165, 1.54) is 0 Å². The predicted octanol–water partition coefficient (Wildman–Crippen LogP) is -0.753. The van der Waals surface area contributed by atoms with Crippen LogP contribution in [0.15, 0.2) is 0 Å². The summed E-state index contributed by atoms with van der Waals surface area (Å²) in [5, 5.41) is 0. The Morgan fingerprint density at radius 2 is 2.10 bits per heavy atom. The molecule has 1 saturated heterocycles. The molecule has 1 rings (SSSR count). The van der Waals surface area contributed by atoms with Crippen LogP contribution in [0, 0.1) is 0 Å². The molecule has 5 nitrogen and oxygen atoms in total. The normalized spacial score (nSPS) is 28.3. The molecule has 0 aliphatic carbocycles. The van der Waals surface area contributed by atoms with Gasteiger partial charge in [0.1, 0.15) is 0 Å². The lowest BCUT2D eigenvalue weighted by molar-refractivity contribution is -0.0562. The van der Waals surface area contributed by atoms with Gasteiger partial charge in [0, 0.05) is 0 Å². The minimum Gasteiger partial charge on any atom is -0.375 e. The van der Waals surface area contributed by atoms with Crippen LogP contribution in [0.1, 0.15) is 0 Å². The summed E-state index contributed by atoms with van der Waals surface area (Å²) in [4.78, 5) is 0. The van der Waals surface area contributed by atoms with E-state index in [4.69, 9.17) is 9.29 Å². The molecular formula is C4H8O5S. The minimum atomic E-state index is -4.07. The molecule has 0 radical (unpaired) electrons. The smallest absolute Gasteiger partial charge is 0.294 e. The van der Waals surface area contributed by atoms with Crippen LogP contribution in [0.5, 0.6) is 0 Å². The third-order valence-corrected chi connectivity index (χ3v) is 2.05. The van der Waals surface area contributed by atoms with E-state index in [2.05, 4.69) is 4.74 Å². The molecule has 1 unspecified atom stereocenters. The van der Waals surface area contributed by atoms with Crippen molar-refractivity contribution in [1.82, 2.24) is 0 Å². The molecule has 0 bridgehead atoms. The Bertz CT molecular complexity index is 190. The zero-order valence-electron chi connectivity index (χ0n) is 5.19. The highest BCUT2D eigenvalue weighted by molar-refractivity contribution is 7.86. The minimum absolute atomic E-state index is 0.0845. The van der Waals surface area contributed by atoms with Gasteiger partial charge in [-0.2, -0.15) is 8.42 Å². The fourth-order valence-electron chi connectivity index (χ4n) is 0.638. The second kappa shape index (κ2) is 2.83. The Morgan fingerprint density at radius 3 is 2.40 bits per heavy atom. The predicted molar refractivity (Wildman–Crippen MR) is 32.1 cm³/mol. The second-order valence-electron chi connectivity index (χ2n) is 1.89. The van der Waals surface area contributed by atoms with E-state index in [0.29, 0.717) is 6.61 Å². The van der Waals surface area contributed by atoms with Gasteiger partial charge in [0.05, 0.1) is 19.8 Å². The van der Waals surface area contributed by atoms with Gasteiger partial charge in [-0.05, 0) is 0 Å². The third-order valence-electron chi connectivity index (χ3n) is 1.12. The lowest BCUT2D eigenvalue weighted by Gasteiger charge is -2.19. The quantitative estimate of drug-likeness (QED) is 0.521. The fraction of sp³-hybridized carbons (Fsp3) is 1.00. The number of ether oxygens (including phenoxy) is 2. The summed E-state index contributed by atoms with van der Waals surface area (Å²) >= 11 is 0. The van der Waals surface area contributed by atoms with Crippen LogP contribution >= 0.6 is 0 Å². The molecule has 0 saturated carbocycles. The largest absolute Gasteiger partial charge is 0.375 e. The standard InChI is InChI=1S/C4H8O5S/c5-10(6,7)4-3-8-1-2-9-4/h4H,1-3H2,(H,5,6,7). The first-order valence-corrected chi connectivity index (χ1v) is 4.26. The zero-order valence-corrected chi connectivity index (χ0v) is 6.00. The molecule has 10 heavy (non-hydrogen) atoms. The Hall–Kier alpha value is -0.170. The summed E-state index contributed by atoms with van der Waals surface area (Å²) in [6.45, 7) is 0.509. The second-order valence-corrected chi connectivity index (χ2v) is 3.45. The van der Waals surface area contributed by atoms with Crippen molar-refractivity contribution >= 4 is 10.1 Å². The van der Waals surface area contributed by atoms with Crippen molar-refractivity contribution in [1.29, 1.82) is 0 Å². The molecule has 0 aromatic carbocycles. The van der Waals surface area contributed by atoms with Gasteiger partial charge in [-0.3, -0.25) is 4.55 Å². The summed E-state index contributed by atoms with van der Waals surface area (Å²) in [6.07, 6.45) is 0. The fourth-order valence-corrected chi connectivity index (χ4v) is 1.17. The Morgan fingerprint density at radius 1 is 1.40 bits per heavy atom. The monoisotopic (exact) mass is 168 g/mol. The number of hydrogen-bond acceptors (Lipinski definition) is 4. The molecule has 1 N–H and O–H groups in total. The summed E-state index contributed by atoms with van der Waals surface area (Å²) < 4.78 is 38.5. The van der Waals surface area contributed by atoms with E-state index in [-0.39, 0.29) is 13.2 Å². The molecule has 1 aliphatic heterocycles. The van der Waals surface area contributed by atoms with Crippen molar-refractivity contribution in [3.05, 3.63) is 0 Å². The van der Waals surface area contributed by atoms with E-state index < -0.39 is 15.6 Å². The number of hydrogen-bond donors (Lipinski definition) is 1. The molecular weight excluding hydrogens is 160 g/mol. The Balaban J connectivity index is 2.56. The lowest BCUT2D eigenvalue weighted by Crippen LogP contribution is -2.34. The summed E-state index contributed by atoms with van der Waals surface area (Å²) in [5.41, 5.74) is -1.19. The van der Waals surface area contributed by atoms with E-state index in [1.807, 2.05) is 0 Å². The van der Waals surface area contributed by atoms with Crippen molar-refractivity contribution in [3.8, 4) is 0 Å². The van der Waals surface area contributed by atoms with Crippen molar-refractivity contribution in [2.45, 2.75) is 5.44 Å². The molecule has 0 aromatic heterocycles. The van der Waals surface area contributed by atoms with Crippen LogP contribution in [0.2, 0.25) is 0 Å². The van der Waals surface area contributed by atoms with E-state index in [1.54, 1.807) is 0 Å². The summed E-state index contributed by atoms with van der Waals surface area (Å²) in [5.74, 6) is 0. The first kappa shape index (κ1) is 7.93. The molecule has 0 amide bonds. The Labute approximate surface area is 58.7 Å². The highest BCUT2D eigenvalue weighted by Gasteiger charge is 2.26. The first-order valence-electron chi connectivity index (χ1n) is 2.76. The molecule has 1 fully saturated rings. The average Bonchev–Trinajstić information content (AvgIpc) is 1.88. The van der Waals surface area contributed by atoms with Crippen LogP contribution in [0.3, 0.4) is 0 Å². The van der Waals surface area contributed by atoms with Gasteiger partial charge < -0.3 is 9.47 Å². The van der Waals surface area contributed by atoms with Gasteiger partial charge in [0.25, 0.3) is 10.1 Å². The summed E-state index contributed by atoms with van der Waals surface area (Å²) in [7, 11) is -4.07. The van der Waals surface area contributed by atoms with Crippen LogP contribution in [-0.4, -0.2) is 38.2 Å². The summed E-state index contributed by atoms with van der Waals surface area (Å²) in [6, 6.07) is 0. The maximum Gasteiger partial charge on any atom is 0.294 e. The molecule has 1 aliphatic rings. The molecule has 6 heteroatoms. The SMILES string of the molecule is O=S(=O)(O)C1COCCO1. The van der Waals surface area contributed by atoms with Crippen LogP contribution < -0.4 is 0 Å². The van der Waals surface area contributed by atoms with E-state index >= 15 is 0 Å². The molecule has 60 valence electrons.